The van der Waals surface area contributed by atoms with Gasteiger partial charge < -0.3 is 9.59 Å². The minimum atomic E-state index is -0.843. The van der Waals surface area contributed by atoms with E-state index in [2.05, 4.69) is 6.92 Å². The van der Waals surface area contributed by atoms with Crippen molar-refractivity contribution in [3.05, 3.63) is 0 Å². The van der Waals surface area contributed by atoms with Gasteiger partial charge in [-0.2, -0.15) is 0 Å². The van der Waals surface area contributed by atoms with E-state index in [-0.39, 0.29) is 18.4 Å². The number of carboxylic acids is 1. The van der Waals surface area contributed by atoms with Gasteiger partial charge in [-0.3, -0.25) is 14.5 Å². The van der Waals surface area contributed by atoms with E-state index in [1.807, 2.05) is 14.1 Å². The van der Waals surface area contributed by atoms with Gasteiger partial charge in [-0.15, -0.1) is 0 Å². The van der Waals surface area contributed by atoms with Gasteiger partial charge in [-0.25, -0.2) is 4.79 Å². The van der Waals surface area contributed by atoms with Gasteiger partial charge in [0.25, 0.3) is 0 Å². The van der Waals surface area contributed by atoms with E-state index in [9.17, 15) is 14.4 Å². The molecule has 2 amide bonds. The summed E-state index contributed by atoms with van der Waals surface area (Å²) >= 11 is 0. The molecule has 27 heavy (non-hydrogen) atoms. The lowest BCUT2D eigenvalue weighted by molar-refractivity contribution is -0.883. The number of quaternary nitrogens is 1. The van der Waals surface area contributed by atoms with Gasteiger partial charge in [0.15, 0.2) is 6.54 Å². The molecule has 1 N–H and O–H groups in total. The number of likely N-dealkylation sites (N-methyl/N-ethyl adjacent to an activating group) is 1. The molecule has 0 atom stereocenters. The number of rotatable bonds is 16. The molecule has 0 rings (SSSR count). The molecule has 0 bridgehead atoms. The van der Waals surface area contributed by atoms with E-state index in [1.54, 1.807) is 0 Å². The number of hydrogen-bond acceptors (Lipinski definition) is 3. The monoisotopic (exact) mass is 385 g/mol. The quantitative estimate of drug-likeness (QED) is 0.324. The molecule has 0 spiro atoms. The Bertz CT molecular complexity index is 449. The molecular weight excluding hydrogens is 344 g/mol. The summed E-state index contributed by atoms with van der Waals surface area (Å²) < 4.78 is 0.341. The molecule has 0 aromatic heterocycles. The van der Waals surface area contributed by atoms with Crippen LogP contribution in [0.2, 0.25) is 0 Å². The maximum absolute atomic E-state index is 12.3. The third-order valence-electron chi connectivity index (χ3n) is 4.88. The number of carbonyl (C=O) groups is 3. The molecule has 0 fully saturated rings. The van der Waals surface area contributed by atoms with Gasteiger partial charge in [0.2, 0.25) is 11.8 Å². The van der Waals surface area contributed by atoms with E-state index >= 15 is 0 Å². The predicted molar refractivity (Wildman–Crippen MR) is 108 cm³/mol. The summed E-state index contributed by atoms with van der Waals surface area (Å²) in [5, 5.41) is 8.91. The summed E-state index contributed by atoms with van der Waals surface area (Å²) in [7, 11) is 3.69. The second-order valence-electron chi connectivity index (χ2n) is 8.21. The topological polar surface area (TPSA) is 74.7 Å². The number of imide groups is 1. The van der Waals surface area contributed by atoms with Crippen molar-refractivity contribution < 1.29 is 24.0 Å². The smallest absolute Gasteiger partial charge is 0.359 e. The Labute approximate surface area is 165 Å². The lowest BCUT2D eigenvalue weighted by atomic mass is 10.1. The van der Waals surface area contributed by atoms with Gasteiger partial charge in [-0.1, -0.05) is 58.3 Å². The highest BCUT2D eigenvalue weighted by Crippen LogP contribution is 2.12. The van der Waals surface area contributed by atoms with E-state index in [0.29, 0.717) is 30.4 Å². The Morgan fingerprint density at radius 1 is 0.852 bits per heavy atom. The van der Waals surface area contributed by atoms with Crippen LogP contribution in [0.25, 0.3) is 0 Å². The first-order valence-electron chi connectivity index (χ1n) is 10.5. The normalized spacial score (nSPS) is 11.4. The maximum Gasteiger partial charge on any atom is 0.359 e. The number of unbranched alkanes of at least 4 members (excludes halogenated alkanes) is 8. The molecule has 158 valence electrons. The Balaban J connectivity index is 4.01. The second kappa shape index (κ2) is 14.6. The predicted octanol–water partition coefficient (Wildman–Crippen LogP) is 3.83. The van der Waals surface area contributed by atoms with Crippen LogP contribution in [0.3, 0.4) is 0 Å². The van der Waals surface area contributed by atoms with Crippen LogP contribution in [0.1, 0.15) is 84.5 Å². The zero-order valence-corrected chi connectivity index (χ0v) is 18.0. The fraction of sp³-hybridized carbons (Fsp3) is 0.857. The van der Waals surface area contributed by atoms with Crippen LogP contribution in [-0.2, 0) is 14.4 Å². The first kappa shape index (κ1) is 25.6. The Morgan fingerprint density at radius 3 is 1.85 bits per heavy atom. The van der Waals surface area contributed by atoms with E-state index in [0.717, 1.165) is 19.3 Å². The highest BCUT2D eigenvalue weighted by molar-refractivity contribution is 5.94. The minimum Gasteiger partial charge on any atom is -0.477 e. The summed E-state index contributed by atoms with van der Waals surface area (Å²) in [6, 6.07) is 0. The number of hydrogen-bond donors (Lipinski definition) is 1. The molecule has 0 saturated heterocycles. The second-order valence-corrected chi connectivity index (χ2v) is 8.21. The summed E-state index contributed by atoms with van der Waals surface area (Å²) in [5.74, 6) is -1.17. The van der Waals surface area contributed by atoms with Crippen LogP contribution in [0, 0.1) is 0 Å². The number of aliphatic carboxylic acids is 1. The van der Waals surface area contributed by atoms with Crippen LogP contribution in [0.4, 0.5) is 0 Å². The van der Waals surface area contributed by atoms with Crippen molar-refractivity contribution >= 4 is 17.8 Å². The minimum absolute atomic E-state index is 0.0342. The molecule has 0 aliphatic carbocycles. The van der Waals surface area contributed by atoms with Gasteiger partial charge >= 0.3 is 5.97 Å². The summed E-state index contributed by atoms with van der Waals surface area (Å²) in [5.41, 5.74) is 0. The molecule has 0 aromatic carbocycles. The van der Waals surface area contributed by atoms with Crippen LogP contribution in [-0.4, -0.2) is 66.0 Å². The van der Waals surface area contributed by atoms with Crippen molar-refractivity contribution in [2.75, 3.05) is 33.7 Å². The van der Waals surface area contributed by atoms with Crippen LogP contribution in [0.15, 0.2) is 0 Å². The number of nitrogens with zero attached hydrogens (tertiary/aromatic N) is 2. The van der Waals surface area contributed by atoms with Crippen LogP contribution >= 0.6 is 0 Å². The number of amides is 2. The summed E-state index contributed by atoms with van der Waals surface area (Å²) in [4.78, 5) is 36.3. The molecule has 6 nitrogen and oxygen atoms in total. The SMILES string of the molecule is CCCCCCCCCCCC(=O)N(CCC[N+](C)(C)CC(=O)O)C(C)=O. The van der Waals surface area contributed by atoms with Crippen molar-refractivity contribution in [3.8, 4) is 0 Å². The molecule has 0 heterocycles. The fourth-order valence-electron chi connectivity index (χ4n) is 3.28. The molecular formula is C21H41N2O4+. The van der Waals surface area contributed by atoms with E-state index < -0.39 is 5.97 Å². The summed E-state index contributed by atoms with van der Waals surface area (Å²) in [6.45, 7) is 4.66. The third kappa shape index (κ3) is 14.3. The van der Waals surface area contributed by atoms with Crippen molar-refractivity contribution in [2.45, 2.75) is 84.5 Å². The Morgan fingerprint density at radius 2 is 1.37 bits per heavy atom. The molecule has 0 unspecified atom stereocenters. The number of carbonyl (C=O) groups excluding carboxylic acids is 2. The Hall–Kier alpha value is -1.43. The maximum atomic E-state index is 12.3. The lowest BCUT2D eigenvalue weighted by Crippen LogP contribution is -2.46. The van der Waals surface area contributed by atoms with Gasteiger partial charge in [0.05, 0.1) is 20.6 Å². The van der Waals surface area contributed by atoms with E-state index in [4.69, 9.17) is 5.11 Å². The molecule has 0 saturated carbocycles. The fourth-order valence-corrected chi connectivity index (χ4v) is 3.28. The summed E-state index contributed by atoms with van der Waals surface area (Å²) in [6.07, 6.45) is 11.8. The van der Waals surface area contributed by atoms with Crippen LogP contribution < -0.4 is 0 Å². The van der Waals surface area contributed by atoms with Crippen molar-refractivity contribution in [3.63, 3.8) is 0 Å². The highest BCUT2D eigenvalue weighted by Gasteiger charge is 2.22. The zero-order chi connectivity index (χ0) is 20.7. The molecule has 0 aliphatic heterocycles. The molecule has 6 heteroatoms. The van der Waals surface area contributed by atoms with Crippen molar-refractivity contribution in [1.82, 2.24) is 4.90 Å². The average Bonchev–Trinajstić information content (AvgIpc) is 2.55. The van der Waals surface area contributed by atoms with Crippen molar-refractivity contribution in [2.24, 2.45) is 0 Å². The van der Waals surface area contributed by atoms with Crippen molar-refractivity contribution in [1.29, 1.82) is 0 Å². The first-order chi connectivity index (χ1) is 12.7. The Kier molecular flexibility index (Phi) is 13.8. The molecule has 0 aromatic rings. The zero-order valence-electron chi connectivity index (χ0n) is 18.0. The van der Waals surface area contributed by atoms with Gasteiger partial charge in [-0.05, 0) is 6.42 Å². The lowest BCUT2D eigenvalue weighted by Gasteiger charge is -2.29. The third-order valence-corrected chi connectivity index (χ3v) is 4.88. The average molecular weight is 386 g/mol. The van der Waals surface area contributed by atoms with Crippen LogP contribution in [0.5, 0.6) is 0 Å². The standard InChI is InChI=1S/C21H40N2O4/c1-5-6-7-8-9-10-11-12-13-15-20(25)22(19(2)24)16-14-17-23(3,4)18-21(26)27/h5-18H2,1-4H3/p+1. The van der Waals surface area contributed by atoms with Gasteiger partial charge in [0, 0.05) is 26.3 Å². The number of carboxylic acid groups (broad SMARTS) is 1. The molecule has 0 radical (unpaired) electrons. The van der Waals surface area contributed by atoms with Gasteiger partial charge in [0.1, 0.15) is 0 Å². The molecule has 0 aliphatic rings. The largest absolute Gasteiger partial charge is 0.477 e. The van der Waals surface area contributed by atoms with E-state index in [1.165, 1.54) is 50.3 Å². The first-order valence-corrected chi connectivity index (χ1v) is 10.5. The highest BCUT2D eigenvalue weighted by atomic mass is 16.4.